The molecule has 19 heavy (non-hydrogen) atoms. The Balaban J connectivity index is 2.89. The molecule has 1 aromatic heterocycles. The van der Waals surface area contributed by atoms with Gasteiger partial charge in [0.25, 0.3) is 0 Å². The predicted molar refractivity (Wildman–Crippen MR) is 79.5 cm³/mol. The lowest BCUT2D eigenvalue weighted by atomic mass is 10.2. The highest BCUT2D eigenvalue weighted by Gasteiger charge is 2.18. The number of sulfone groups is 1. The summed E-state index contributed by atoms with van der Waals surface area (Å²) in [7, 11) is -2.96. The van der Waals surface area contributed by atoms with Crippen LogP contribution in [0, 0.1) is 13.8 Å². The lowest BCUT2D eigenvalue weighted by molar-refractivity contribution is 0.516. The van der Waals surface area contributed by atoms with Crippen molar-refractivity contribution in [3.05, 3.63) is 11.4 Å². The van der Waals surface area contributed by atoms with Crippen LogP contribution in [0.3, 0.4) is 0 Å². The number of nitrogens with zero attached hydrogens (tertiary/aromatic N) is 2. The molecule has 0 spiro atoms. The summed E-state index contributed by atoms with van der Waals surface area (Å²) in [6, 6.07) is 0.177. The average molecular weight is 287 g/mol. The summed E-state index contributed by atoms with van der Waals surface area (Å²) < 4.78 is 25.2. The van der Waals surface area contributed by atoms with Crippen molar-refractivity contribution in [3.63, 3.8) is 0 Å². The number of hydrogen-bond donors (Lipinski definition) is 1. The Morgan fingerprint density at radius 2 is 1.84 bits per heavy atom. The lowest BCUT2D eigenvalue weighted by Gasteiger charge is -2.16. The second kappa shape index (κ2) is 5.94. The van der Waals surface area contributed by atoms with Crippen molar-refractivity contribution in [1.82, 2.24) is 9.78 Å². The molecule has 1 atom stereocenters. The summed E-state index contributed by atoms with van der Waals surface area (Å²) in [6.45, 7) is 11.7. The molecule has 0 fully saturated rings. The van der Waals surface area contributed by atoms with E-state index in [1.807, 2.05) is 25.5 Å². The molecule has 0 aliphatic carbocycles. The minimum Gasteiger partial charge on any atom is -0.379 e. The van der Waals surface area contributed by atoms with E-state index in [1.54, 1.807) is 6.92 Å². The summed E-state index contributed by atoms with van der Waals surface area (Å²) >= 11 is 0. The highest BCUT2D eigenvalue weighted by molar-refractivity contribution is 7.91. The van der Waals surface area contributed by atoms with Crippen LogP contribution in [0.4, 0.5) is 5.69 Å². The number of aromatic nitrogens is 2. The molecule has 0 bridgehead atoms. The fourth-order valence-corrected chi connectivity index (χ4v) is 3.24. The number of hydrogen-bond acceptors (Lipinski definition) is 4. The molecule has 0 aliphatic heterocycles. The summed E-state index contributed by atoms with van der Waals surface area (Å²) in [6.07, 6.45) is 0. The van der Waals surface area contributed by atoms with Gasteiger partial charge in [0, 0.05) is 17.8 Å². The quantitative estimate of drug-likeness (QED) is 0.872. The highest BCUT2D eigenvalue weighted by Crippen LogP contribution is 2.23. The molecule has 0 saturated carbocycles. The Bertz CT molecular complexity index is 532. The van der Waals surface area contributed by atoms with Gasteiger partial charge in [-0.2, -0.15) is 5.10 Å². The third-order valence-corrected chi connectivity index (χ3v) is 5.04. The molecule has 1 heterocycles. The summed E-state index contributed by atoms with van der Waals surface area (Å²) in [5.74, 6) is 0.331. The van der Waals surface area contributed by atoms with Crippen molar-refractivity contribution in [2.24, 2.45) is 0 Å². The van der Waals surface area contributed by atoms with Gasteiger partial charge in [0.1, 0.15) is 0 Å². The van der Waals surface area contributed by atoms with Crippen molar-refractivity contribution in [2.45, 2.75) is 53.6 Å². The maximum Gasteiger partial charge on any atom is 0.152 e. The van der Waals surface area contributed by atoms with Gasteiger partial charge in [-0.05, 0) is 34.6 Å². The van der Waals surface area contributed by atoms with Gasteiger partial charge in [-0.3, -0.25) is 4.68 Å². The van der Waals surface area contributed by atoms with Crippen molar-refractivity contribution >= 4 is 15.5 Å². The smallest absolute Gasteiger partial charge is 0.152 e. The number of aryl methyl sites for hydroxylation is 1. The zero-order chi connectivity index (χ0) is 14.8. The van der Waals surface area contributed by atoms with E-state index in [0.717, 1.165) is 17.1 Å². The van der Waals surface area contributed by atoms with Gasteiger partial charge in [0.15, 0.2) is 9.84 Å². The van der Waals surface area contributed by atoms with E-state index in [1.165, 1.54) is 0 Å². The molecule has 110 valence electrons. The van der Waals surface area contributed by atoms with Crippen LogP contribution in [0.1, 0.15) is 45.1 Å². The monoisotopic (exact) mass is 287 g/mol. The second-order valence-electron chi connectivity index (χ2n) is 5.33. The van der Waals surface area contributed by atoms with Gasteiger partial charge in [-0.25, -0.2) is 8.42 Å². The molecule has 1 N–H and O–H groups in total. The highest BCUT2D eigenvalue weighted by atomic mass is 32.2. The van der Waals surface area contributed by atoms with E-state index >= 15 is 0 Å². The normalized spacial score (nSPS) is 13.8. The maximum absolute atomic E-state index is 11.6. The molecule has 0 aliphatic rings. The molecule has 0 radical (unpaired) electrons. The fraction of sp³-hybridized carbons (Fsp3) is 0.769. The van der Waals surface area contributed by atoms with E-state index in [9.17, 15) is 8.42 Å². The first-order valence-electron chi connectivity index (χ1n) is 6.70. The third kappa shape index (κ3) is 3.96. The van der Waals surface area contributed by atoms with Gasteiger partial charge in [0.2, 0.25) is 0 Å². The molecule has 5 nitrogen and oxygen atoms in total. The van der Waals surface area contributed by atoms with E-state index in [4.69, 9.17) is 0 Å². The van der Waals surface area contributed by atoms with Crippen LogP contribution < -0.4 is 5.32 Å². The molecule has 0 aromatic carbocycles. The van der Waals surface area contributed by atoms with Gasteiger partial charge in [0.05, 0.1) is 22.8 Å². The lowest BCUT2D eigenvalue weighted by Crippen LogP contribution is -2.27. The zero-order valence-electron chi connectivity index (χ0n) is 12.7. The van der Waals surface area contributed by atoms with E-state index in [-0.39, 0.29) is 17.5 Å². The molecule has 1 unspecified atom stereocenters. The SMILES string of the molecule is CCS(=O)(=O)CC(C)Nc1c(C)nn(C(C)C)c1C. The summed E-state index contributed by atoms with van der Waals surface area (Å²) in [4.78, 5) is 0. The molecule has 0 saturated heterocycles. The largest absolute Gasteiger partial charge is 0.379 e. The van der Waals surface area contributed by atoms with Crippen LogP contribution in [-0.2, 0) is 9.84 Å². The van der Waals surface area contributed by atoms with Crippen LogP contribution in [0.2, 0.25) is 0 Å². The Labute approximate surface area is 116 Å². The summed E-state index contributed by atoms with van der Waals surface area (Å²) in [5.41, 5.74) is 2.91. The standard InChI is InChI=1S/C13H25N3O2S/c1-7-19(17,18)8-10(4)14-13-11(5)15-16(9(2)3)12(13)6/h9-10,14H,7-8H2,1-6H3. The number of nitrogens with one attached hydrogen (secondary N) is 1. The van der Waals surface area contributed by atoms with Crippen molar-refractivity contribution < 1.29 is 8.42 Å². The summed E-state index contributed by atoms with van der Waals surface area (Å²) in [5, 5.41) is 7.77. The molecule has 0 amide bonds. The fourth-order valence-electron chi connectivity index (χ4n) is 2.16. The molecule has 1 rings (SSSR count). The Morgan fingerprint density at radius 3 is 2.26 bits per heavy atom. The topological polar surface area (TPSA) is 64.0 Å². The van der Waals surface area contributed by atoms with Crippen LogP contribution in [0.5, 0.6) is 0 Å². The number of rotatable bonds is 6. The van der Waals surface area contributed by atoms with Crippen LogP contribution in [0.25, 0.3) is 0 Å². The predicted octanol–water partition coefficient (Wildman–Crippen LogP) is 2.32. The molecular weight excluding hydrogens is 262 g/mol. The van der Waals surface area contributed by atoms with E-state index in [2.05, 4.69) is 24.3 Å². The first-order valence-corrected chi connectivity index (χ1v) is 8.52. The average Bonchev–Trinajstić information content (AvgIpc) is 2.56. The van der Waals surface area contributed by atoms with E-state index in [0.29, 0.717) is 6.04 Å². The number of anilines is 1. The van der Waals surface area contributed by atoms with Crippen molar-refractivity contribution in [2.75, 3.05) is 16.8 Å². The maximum atomic E-state index is 11.6. The molecule has 1 aromatic rings. The Kier molecular flexibility index (Phi) is 5.01. The van der Waals surface area contributed by atoms with Crippen LogP contribution in [-0.4, -0.2) is 35.7 Å². The van der Waals surface area contributed by atoms with Gasteiger partial charge in [-0.15, -0.1) is 0 Å². The van der Waals surface area contributed by atoms with Crippen molar-refractivity contribution in [3.8, 4) is 0 Å². The zero-order valence-corrected chi connectivity index (χ0v) is 13.5. The first kappa shape index (κ1) is 16.0. The third-order valence-electron chi connectivity index (χ3n) is 3.15. The molecule has 6 heteroatoms. The first-order chi connectivity index (χ1) is 8.68. The van der Waals surface area contributed by atoms with Gasteiger partial charge in [-0.1, -0.05) is 6.92 Å². The van der Waals surface area contributed by atoms with Gasteiger partial charge >= 0.3 is 0 Å². The minimum absolute atomic E-state index is 0.118. The second-order valence-corrected chi connectivity index (χ2v) is 7.73. The van der Waals surface area contributed by atoms with Crippen LogP contribution >= 0.6 is 0 Å². The Morgan fingerprint density at radius 1 is 1.26 bits per heavy atom. The Hall–Kier alpha value is -1.04. The van der Waals surface area contributed by atoms with Gasteiger partial charge < -0.3 is 5.32 Å². The molecular formula is C13H25N3O2S. The van der Waals surface area contributed by atoms with Crippen molar-refractivity contribution in [1.29, 1.82) is 0 Å². The van der Waals surface area contributed by atoms with E-state index < -0.39 is 9.84 Å². The van der Waals surface area contributed by atoms with Crippen LogP contribution in [0.15, 0.2) is 0 Å². The minimum atomic E-state index is -2.96.